The molecule has 0 unspecified atom stereocenters. The zero-order valence-corrected chi connectivity index (χ0v) is 13.0. The fourth-order valence-electron chi connectivity index (χ4n) is 2.19. The number of nitrogens with zero attached hydrogens (tertiary/aromatic N) is 4. The van der Waals surface area contributed by atoms with Crippen LogP contribution in [0.25, 0.3) is 16.8 Å². The first kappa shape index (κ1) is 15.5. The standard InChI is InChI=1S/C13H9BrF3N5O/c14-8-3-9(11-19-12(18)20-22(11)5-8)7-1-2-10(23)21(4-7)6-13(15,16)17/h1-5H,6H2,(H2,18,20). The normalized spacial score (nSPS) is 12.0. The minimum Gasteiger partial charge on any atom is -0.366 e. The van der Waals surface area contributed by atoms with E-state index in [1.165, 1.54) is 10.6 Å². The van der Waals surface area contributed by atoms with Crippen molar-refractivity contribution in [3.8, 4) is 11.1 Å². The number of pyridine rings is 2. The molecule has 23 heavy (non-hydrogen) atoms. The monoisotopic (exact) mass is 387 g/mol. The molecular formula is C13H9BrF3N5O. The van der Waals surface area contributed by atoms with E-state index in [0.717, 1.165) is 12.3 Å². The zero-order valence-electron chi connectivity index (χ0n) is 11.4. The maximum Gasteiger partial charge on any atom is 0.406 e. The maximum absolute atomic E-state index is 12.6. The van der Waals surface area contributed by atoms with E-state index in [1.807, 2.05) is 0 Å². The third kappa shape index (κ3) is 3.21. The summed E-state index contributed by atoms with van der Waals surface area (Å²) >= 11 is 3.29. The molecule has 120 valence electrons. The first-order valence-corrected chi connectivity index (χ1v) is 7.11. The molecule has 0 atom stereocenters. The van der Waals surface area contributed by atoms with Crippen LogP contribution in [0.3, 0.4) is 0 Å². The number of aromatic nitrogens is 4. The van der Waals surface area contributed by atoms with Gasteiger partial charge in [0.05, 0.1) is 0 Å². The topological polar surface area (TPSA) is 78.2 Å². The average molecular weight is 388 g/mol. The number of rotatable bonds is 2. The van der Waals surface area contributed by atoms with Crippen molar-refractivity contribution in [2.75, 3.05) is 5.73 Å². The molecule has 0 aliphatic carbocycles. The molecule has 0 radical (unpaired) electrons. The fraction of sp³-hybridized carbons (Fsp3) is 0.154. The minimum absolute atomic E-state index is 0.0352. The van der Waals surface area contributed by atoms with Crippen LogP contribution < -0.4 is 11.3 Å². The van der Waals surface area contributed by atoms with Crippen LogP contribution in [0.5, 0.6) is 0 Å². The van der Waals surface area contributed by atoms with E-state index in [1.54, 1.807) is 12.3 Å². The van der Waals surface area contributed by atoms with Crippen LogP contribution in [0, 0.1) is 0 Å². The Morgan fingerprint density at radius 3 is 2.70 bits per heavy atom. The Morgan fingerprint density at radius 2 is 2.00 bits per heavy atom. The average Bonchev–Trinajstić information content (AvgIpc) is 2.79. The summed E-state index contributed by atoms with van der Waals surface area (Å²) in [4.78, 5) is 15.7. The Hall–Kier alpha value is -2.36. The Labute approximate surface area is 135 Å². The molecule has 10 heteroatoms. The van der Waals surface area contributed by atoms with Crippen molar-refractivity contribution in [1.29, 1.82) is 0 Å². The highest BCUT2D eigenvalue weighted by molar-refractivity contribution is 9.10. The van der Waals surface area contributed by atoms with Crippen LogP contribution in [0.1, 0.15) is 0 Å². The fourth-order valence-corrected chi connectivity index (χ4v) is 2.61. The van der Waals surface area contributed by atoms with Gasteiger partial charge in [-0.3, -0.25) is 4.79 Å². The number of hydrogen-bond donors (Lipinski definition) is 1. The molecule has 0 fully saturated rings. The lowest BCUT2D eigenvalue weighted by atomic mass is 10.1. The van der Waals surface area contributed by atoms with Crippen LogP contribution in [-0.2, 0) is 6.54 Å². The van der Waals surface area contributed by atoms with Gasteiger partial charge in [-0.2, -0.15) is 18.2 Å². The lowest BCUT2D eigenvalue weighted by Gasteiger charge is -2.11. The Balaban J connectivity index is 2.19. The van der Waals surface area contributed by atoms with E-state index in [4.69, 9.17) is 5.73 Å². The minimum atomic E-state index is -4.49. The second kappa shape index (κ2) is 5.37. The highest BCUT2D eigenvalue weighted by Crippen LogP contribution is 2.27. The van der Waals surface area contributed by atoms with Crippen molar-refractivity contribution in [2.24, 2.45) is 0 Å². The summed E-state index contributed by atoms with van der Waals surface area (Å²) in [5.74, 6) is 0.0352. The van der Waals surface area contributed by atoms with Crippen LogP contribution >= 0.6 is 15.9 Å². The van der Waals surface area contributed by atoms with E-state index in [-0.39, 0.29) is 5.95 Å². The molecule has 0 amide bonds. The molecule has 0 spiro atoms. The van der Waals surface area contributed by atoms with Gasteiger partial charge in [0.1, 0.15) is 6.54 Å². The summed E-state index contributed by atoms with van der Waals surface area (Å²) in [6, 6.07) is 4.18. The summed E-state index contributed by atoms with van der Waals surface area (Å²) in [5.41, 5.74) is 6.10. The zero-order chi connectivity index (χ0) is 16.8. The summed E-state index contributed by atoms with van der Waals surface area (Å²) < 4.78 is 40.3. The van der Waals surface area contributed by atoms with E-state index in [0.29, 0.717) is 25.8 Å². The smallest absolute Gasteiger partial charge is 0.366 e. The summed E-state index contributed by atoms with van der Waals surface area (Å²) in [6.45, 7) is -1.36. The third-order valence-electron chi connectivity index (χ3n) is 3.06. The lowest BCUT2D eigenvalue weighted by molar-refractivity contribution is -0.141. The van der Waals surface area contributed by atoms with Crippen molar-refractivity contribution in [3.63, 3.8) is 0 Å². The van der Waals surface area contributed by atoms with Crippen molar-refractivity contribution in [3.05, 3.63) is 45.4 Å². The maximum atomic E-state index is 12.6. The first-order valence-electron chi connectivity index (χ1n) is 6.32. The molecule has 6 nitrogen and oxygen atoms in total. The molecule has 3 heterocycles. The SMILES string of the molecule is Nc1nc2c(-c3ccc(=O)n(CC(F)(F)F)c3)cc(Br)cn2n1. The van der Waals surface area contributed by atoms with Crippen LogP contribution in [0.15, 0.2) is 39.9 Å². The first-order chi connectivity index (χ1) is 10.7. The van der Waals surface area contributed by atoms with Crippen LogP contribution in [-0.4, -0.2) is 25.3 Å². The van der Waals surface area contributed by atoms with Gasteiger partial charge in [-0.25, -0.2) is 4.52 Å². The van der Waals surface area contributed by atoms with Gasteiger partial charge in [-0.05, 0) is 28.1 Å². The van der Waals surface area contributed by atoms with Gasteiger partial charge in [-0.1, -0.05) is 0 Å². The van der Waals surface area contributed by atoms with Crippen molar-refractivity contribution in [1.82, 2.24) is 19.2 Å². The predicted octanol–water partition coefficient (Wildman–Crippen LogP) is 2.47. The molecule has 0 aliphatic rings. The Kier molecular flexibility index (Phi) is 3.63. The van der Waals surface area contributed by atoms with Crippen LogP contribution in [0.2, 0.25) is 0 Å². The second-order valence-corrected chi connectivity index (χ2v) is 5.72. The largest absolute Gasteiger partial charge is 0.406 e. The van der Waals surface area contributed by atoms with Crippen LogP contribution in [0.4, 0.5) is 19.1 Å². The number of halogens is 4. The van der Waals surface area contributed by atoms with Gasteiger partial charge in [0, 0.05) is 34.1 Å². The molecule has 2 N–H and O–H groups in total. The number of hydrogen-bond acceptors (Lipinski definition) is 4. The Morgan fingerprint density at radius 1 is 1.26 bits per heavy atom. The van der Waals surface area contributed by atoms with Gasteiger partial charge >= 0.3 is 6.18 Å². The molecule has 3 rings (SSSR count). The summed E-state index contributed by atoms with van der Waals surface area (Å²) in [7, 11) is 0. The van der Waals surface area contributed by atoms with E-state index in [2.05, 4.69) is 26.0 Å². The number of fused-ring (bicyclic) bond motifs is 1. The molecule has 0 saturated carbocycles. The van der Waals surface area contributed by atoms with Gasteiger partial charge in [0.2, 0.25) is 5.95 Å². The third-order valence-corrected chi connectivity index (χ3v) is 3.49. The van der Waals surface area contributed by atoms with Gasteiger partial charge in [0.25, 0.3) is 5.56 Å². The van der Waals surface area contributed by atoms with Crippen molar-refractivity contribution in [2.45, 2.75) is 12.7 Å². The molecule has 0 saturated heterocycles. The molecule has 3 aromatic rings. The van der Waals surface area contributed by atoms with Gasteiger partial charge in [-0.15, -0.1) is 5.10 Å². The molecule has 3 aromatic heterocycles. The number of anilines is 1. The number of nitrogens with two attached hydrogens (primary N) is 1. The van der Waals surface area contributed by atoms with Crippen molar-refractivity contribution < 1.29 is 13.2 Å². The predicted molar refractivity (Wildman–Crippen MR) is 80.9 cm³/mol. The van der Waals surface area contributed by atoms with Gasteiger partial charge < -0.3 is 10.3 Å². The Bertz CT molecular complexity index is 947. The number of alkyl halides is 3. The molecule has 0 bridgehead atoms. The number of nitrogen functional groups attached to an aromatic ring is 1. The second-order valence-electron chi connectivity index (χ2n) is 4.81. The van der Waals surface area contributed by atoms with Crippen molar-refractivity contribution >= 4 is 27.5 Å². The highest BCUT2D eigenvalue weighted by atomic mass is 79.9. The molecule has 0 aliphatic heterocycles. The molecule has 0 aromatic carbocycles. The summed E-state index contributed by atoms with van der Waals surface area (Å²) in [6.07, 6.45) is -1.73. The van der Waals surface area contributed by atoms with E-state index >= 15 is 0 Å². The van der Waals surface area contributed by atoms with E-state index in [9.17, 15) is 18.0 Å². The lowest BCUT2D eigenvalue weighted by Crippen LogP contribution is -2.27. The van der Waals surface area contributed by atoms with Gasteiger partial charge in [0.15, 0.2) is 5.65 Å². The van der Waals surface area contributed by atoms with E-state index < -0.39 is 18.3 Å². The summed E-state index contributed by atoms with van der Waals surface area (Å²) in [5, 5.41) is 3.96. The molecular weight excluding hydrogens is 379 g/mol. The quantitative estimate of drug-likeness (QED) is 0.732. The highest BCUT2D eigenvalue weighted by Gasteiger charge is 2.28.